The Morgan fingerprint density at radius 2 is 2.11 bits per heavy atom. The van der Waals surface area contributed by atoms with Crippen LogP contribution in [0.15, 0.2) is 36.5 Å². The molecule has 0 atom stereocenters. The molecule has 2 aromatic rings. The Morgan fingerprint density at radius 1 is 1.26 bits per heavy atom. The average Bonchev–Trinajstić information content (AvgIpc) is 2.38. The van der Waals surface area contributed by atoms with Gasteiger partial charge in [0.15, 0.2) is 0 Å². The highest BCUT2D eigenvalue weighted by molar-refractivity contribution is 6.19. The Hall–Kier alpha value is -2.14. The standard InChI is InChI=1S/C13H12ClN3O2/c14-6-5-12(18)17-13(19)16-10-3-4-11-9(8-10)2-1-7-15-11/h1-4,7-8H,5-6H2,(H2,16,17,18,19). The van der Waals surface area contributed by atoms with Crippen LogP contribution in [-0.2, 0) is 4.79 Å². The summed E-state index contributed by atoms with van der Waals surface area (Å²) in [6, 6.07) is 8.44. The maximum Gasteiger partial charge on any atom is 0.325 e. The molecule has 1 aromatic heterocycles. The fraction of sp³-hybridized carbons (Fsp3) is 0.154. The first-order valence-corrected chi connectivity index (χ1v) is 6.24. The highest BCUT2D eigenvalue weighted by atomic mass is 35.5. The van der Waals surface area contributed by atoms with E-state index >= 15 is 0 Å². The van der Waals surface area contributed by atoms with Gasteiger partial charge in [-0.1, -0.05) is 6.07 Å². The van der Waals surface area contributed by atoms with Gasteiger partial charge in [0.25, 0.3) is 0 Å². The van der Waals surface area contributed by atoms with Crippen molar-refractivity contribution >= 4 is 40.1 Å². The molecule has 98 valence electrons. The number of fused-ring (bicyclic) bond motifs is 1. The molecule has 0 bridgehead atoms. The lowest BCUT2D eigenvalue weighted by Gasteiger charge is -2.06. The average molecular weight is 278 g/mol. The number of nitrogens with zero attached hydrogens (tertiary/aromatic N) is 1. The van der Waals surface area contributed by atoms with Gasteiger partial charge in [0.2, 0.25) is 5.91 Å². The van der Waals surface area contributed by atoms with Crippen molar-refractivity contribution < 1.29 is 9.59 Å². The highest BCUT2D eigenvalue weighted by Gasteiger charge is 2.07. The smallest absolute Gasteiger partial charge is 0.308 e. The third-order valence-electron chi connectivity index (χ3n) is 2.44. The molecule has 0 aliphatic rings. The number of halogens is 1. The Labute approximate surface area is 115 Å². The van der Waals surface area contributed by atoms with Crippen LogP contribution in [0.25, 0.3) is 10.9 Å². The first-order valence-electron chi connectivity index (χ1n) is 5.70. The van der Waals surface area contributed by atoms with Gasteiger partial charge in [0, 0.05) is 29.6 Å². The molecule has 0 spiro atoms. The molecule has 0 fully saturated rings. The van der Waals surface area contributed by atoms with Crippen molar-refractivity contribution in [2.75, 3.05) is 11.2 Å². The van der Waals surface area contributed by atoms with E-state index in [1.54, 1.807) is 24.4 Å². The van der Waals surface area contributed by atoms with E-state index < -0.39 is 11.9 Å². The van der Waals surface area contributed by atoms with E-state index in [9.17, 15) is 9.59 Å². The molecule has 5 nitrogen and oxygen atoms in total. The molecule has 0 unspecified atom stereocenters. The summed E-state index contributed by atoms with van der Waals surface area (Å²) in [4.78, 5) is 26.9. The Morgan fingerprint density at radius 3 is 2.89 bits per heavy atom. The number of amides is 3. The van der Waals surface area contributed by atoms with Crippen molar-refractivity contribution in [1.29, 1.82) is 0 Å². The number of pyridine rings is 1. The quantitative estimate of drug-likeness (QED) is 0.847. The van der Waals surface area contributed by atoms with Gasteiger partial charge in [-0.2, -0.15) is 0 Å². The van der Waals surface area contributed by atoms with Crippen LogP contribution in [0.4, 0.5) is 10.5 Å². The summed E-state index contributed by atoms with van der Waals surface area (Å²) in [7, 11) is 0. The molecule has 19 heavy (non-hydrogen) atoms. The van der Waals surface area contributed by atoms with E-state index in [2.05, 4.69) is 15.6 Å². The molecule has 2 N–H and O–H groups in total. The minimum absolute atomic E-state index is 0.108. The lowest BCUT2D eigenvalue weighted by atomic mass is 10.2. The SMILES string of the molecule is O=C(CCCl)NC(=O)Nc1ccc2ncccc2c1. The predicted molar refractivity (Wildman–Crippen MR) is 74.2 cm³/mol. The molecule has 0 saturated carbocycles. The number of urea groups is 1. The minimum Gasteiger partial charge on any atom is -0.308 e. The molecular weight excluding hydrogens is 266 g/mol. The first kappa shape index (κ1) is 13.3. The first-order chi connectivity index (χ1) is 9.19. The van der Waals surface area contributed by atoms with Crippen molar-refractivity contribution in [3.8, 4) is 0 Å². The Kier molecular flexibility index (Phi) is 4.30. The molecule has 3 amide bonds. The monoisotopic (exact) mass is 277 g/mol. The van der Waals surface area contributed by atoms with E-state index in [4.69, 9.17) is 11.6 Å². The zero-order valence-electron chi connectivity index (χ0n) is 10.0. The van der Waals surface area contributed by atoms with Crippen LogP contribution in [0, 0.1) is 0 Å². The van der Waals surface area contributed by atoms with Crippen LogP contribution < -0.4 is 10.6 Å². The maximum absolute atomic E-state index is 11.5. The van der Waals surface area contributed by atoms with Crippen LogP contribution >= 0.6 is 11.6 Å². The molecular formula is C13H12ClN3O2. The number of carbonyl (C=O) groups is 2. The van der Waals surface area contributed by atoms with Crippen LogP contribution in [0.3, 0.4) is 0 Å². The second kappa shape index (κ2) is 6.15. The molecule has 0 radical (unpaired) electrons. The third kappa shape index (κ3) is 3.66. The molecule has 0 aliphatic carbocycles. The van der Waals surface area contributed by atoms with Gasteiger partial charge in [-0.05, 0) is 24.3 Å². The number of rotatable bonds is 3. The van der Waals surface area contributed by atoms with Gasteiger partial charge in [-0.15, -0.1) is 11.6 Å². The molecule has 0 aliphatic heterocycles. The number of aromatic nitrogens is 1. The van der Waals surface area contributed by atoms with Crippen molar-refractivity contribution in [1.82, 2.24) is 10.3 Å². The molecule has 1 aromatic carbocycles. The van der Waals surface area contributed by atoms with Crippen LogP contribution in [0.5, 0.6) is 0 Å². The number of hydrogen-bond donors (Lipinski definition) is 2. The zero-order valence-corrected chi connectivity index (χ0v) is 10.8. The molecule has 6 heteroatoms. The number of anilines is 1. The van der Waals surface area contributed by atoms with E-state index in [0.29, 0.717) is 5.69 Å². The van der Waals surface area contributed by atoms with Crippen molar-refractivity contribution in [2.45, 2.75) is 6.42 Å². The van der Waals surface area contributed by atoms with E-state index in [1.807, 2.05) is 12.1 Å². The normalized spacial score (nSPS) is 10.2. The number of benzene rings is 1. The van der Waals surface area contributed by atoms with E-state index in [-0.39, 0.29) is 12.3 Å². The number of alkyl halides is 1. The van der Waals surface area contributed by atoms with Gasteiger partial charge in [0.05, 0.1) is 5.52 Å². The number of nitrogens with one attached hydrogen (secondary N) is 2. The second-order valence-electron chi connectivity index (χ2n) is 3.85. The molecule has 0 saturated heterocycles. The highest BCUT2D eigenvalue weighted by Crippen LogP contribution is 2.16. The minimum atomic E-state index is -0.571. The predicted octanol–water partition coefficient (Wildman–Crippen LogP) is 2.51. The largest absolute Gasteiger partial charge is 0.325 e. The Balaban J connectivity index is 2.04. The second-order valence-corrected chi connectivity index (χ2v) is 4.23. The van der Waals surface area contributed by atoms with Gasteiger partial charge >= 0.3 is 6.03 Å². The van der Waals surface area contributed by atoms with Crippen LogP contribution in [0.1, 0.15) is 6.42 Å². The maximum atomic E-state index is 11.5. The van der Waals surface area contributed by atoms with Gasteiger partial charge in [-0.25, -0.2) is 4.79 Å². The summed E-state index contributed by atoms with van der Waals surface area (Å²) < 4.78 is 0. The molecule has 1 heterocycles. The van der Waals surface area contributed by atoms with E-state index in [0.717, 1.165) is 10.9 Å². The van der Waals surface area contributed by atoms with Crippen molar-refractivity contribution in [2.24, 2.45) is 0 Å². The summed E-state index contributed by atoms with van der Waals surface area (Å²) >= 11 is 5.41. The summed E-state index contributed by atoms with van der Waals surface area (Å²) in [5.41, 5.74) is 1.43. The lowest BCUT2D eigenvalue weighted by molar-refractivity contribution is -0.119. The lowest BCUT2D eigenvalue weighted by Crippen LogP contribution is -2.34. The van der Waals surface area contributed by atoms with Crippen molar-refractivity contribution in [3.63, 3.8) is 0 Å². The third-order valence-corrected chi connectivity index (χ3v) is 2.62. The molecule has 2 rings (SSSR count). The van der Waals surface area contributed by atoms with Crippen molar-refractivity contribution in [3.05, 3.63) is 36.5 Å². The number of carbonyl (C=O) groups excluding carboxylic acids is 2. The number of hydrogen-bond acceptors (Lipinski definition) is 3. The summed E-state index contributed by atoms with van der Waals surface area (Å²) in [5.74, 6) is -0.226. The fourth-order valence-electron chi connectivity index (χ4n) is 1.59. The Bertz CT molecular complexity index is 616. The summed E-state index contributed by atoms with van der Waals surface area (Å²) in [6.07, 6.45) is 1.81. The van der Waals surface area contributed by atoms with Gasteiger partial charge < -0.3 is 5.32 Å². The zero-order chi connectivity index (χ0) is 13.7. The summed E-state index contributed by atoms with van der Waals surface area (Å²) in [5, 5.41) is 5.68. The van der Waals surface area contributed by atoms with Crippen LogP contribution in [0.2, 0.25) is 0 Å². The van der Waals surface area contributed by atoms with Crippen LogP contribution in [-0.4, -0.2) is 22.8 Å². The fourth-order valence-corrected chi connectivity index (χ4v) is 1.76. The van der Waals surface area contributed by atoms with Gasteiger partial charge in [-0.3, -0.25) is 15.1 Å². The number of imide groups is 1. The topological polar surface area (TPSA) is 71.1 Å². The summed E-state index contributed by atoms with van der Waals surface area (Å²) in [6.45, 7) is 0. The van der Waals surface area contributed by atoms with E-state index in [1.165, 1.54) is 0 Å². The van der Waals surface area contributed by atoms with Gasteiger partial charge in [0.1, 0.15) is 0 Å².